The molecule has 2 saturated heterocycles. The summed E-state index contributed by atoms with van der Waals surface area (Å²) in [6.45, 7) is 11.1. The van der Waals surface area contributed by atoms with E-state index in [-0.39, 0.29) is 30.3 Å². The first-order valence-corrected chi connectivity index (χ1v) is 14.4. The monoisotopic (exact) mass is 558 g/mol. The highest BCUT2D eigenvalue weighted by atomic mass is 16.6. The van der Waals surface area contributed by atoms with Gasteiger partial charge in [0.05, 0.1) is 10.4 Å². The second kappa shape index (κ2) is 12.1. The number of hydrogen-bond acceptors (Lipinski definition) is 7. The Balaban J connectivity index is 1.12. The van der Waals surface area contributed by atoms with Crippen molar-refractivity contribution in [3.05, 3.63) is 64.2 Å². The molecular weight excluding hydrogens is 520 g/mol. The van der Waals surface area contributed by atoms with Crippen molar-refractivity contribution in [2.24, 2.45) is 11.8 Å². The first kappa shape index (κ1) is 28.3. The smallest absolute Gasteiger partial charge is 0.269 e. The van der Waals surface area contributed by atoms with Gasteiger partial charge in [-0.2, -0.15) is 0 Å². The maximum Gasteiger partial charge on any atom is 0.269 e. The van der Waals surface area contributed by atoms with Gasteiger partial charge in [0.2, 0.25) is 11.8 Å². The summed E-state index contributed by atoms with van der Waals surface area (Å²) in [5.74, 6) is 2.06. The zero-order chi connectivity index (χ0) is 29.1. The van der Waals surface area contributed by atoms with Crippen molar-refractivity contribution in [3.8, 4) is 0 Å². The minimum atomic E-state index is -0.416. The average Bonchev–Trinajstić information content (AvgIpc) is 2.96. The van der Waals surface area contributed by atoms with Crippen LogP contribution in [0.3, 0.4) is 0 Å². The van der Waals surface area contributed by atoms with Gasteiger partial charge < -0.3 is 20.0 Å². The summed E-state index contributed by atoms with van der Waals surface area (Å²) in [6.07, 6.45) is 1.51. The van der Waals surface area contributed by atoms with E-state index < -0.39 is 4.92 Å². The number of nitrogens with one attached hydrogen (secondary N) is 1. The number of hydrogen-bond donors (Lipinski definition) is 1. The molecule has 41 heavy (non-hydrogen) atoms. The fourth-order valence-corrected chi connectivity index (χ4v) is 6.07. The van der Waals surface area contributed by atoms with Crippen molar-refractivity contribution in [2.75, 3.05) is 54.4 Å². The van der Waals surface area contributed by atoms with Crippen LogP contribution < -0.4 is 15.1 Å². The Kier molecular flexibility index (Phi) is 8.37. The zero-order valence-electron chi connectivity index (χ0n) is 24.0. The summed E-state index contributed by atoms with van der Waals surface area (Å²) >= 11 is 0. The van der Waals surface area contributed by atoms with E-state index in [1.54, 1.807) is 17.0 Å². The first-order chi connectivity index (χ1) is 19.7. The highest BCUT2D eigenvalue weighted by Gasteiger charge is 2.24. The highest BCUT2D eigenvalue weighted by molar-refractivity contribution is 5.96. The Bertz CT molecular complexity index is 1420. The van der Waals surface area contributed by atoms with Gasteiger partial charge in [-0.25, -0.2) is 4.98 Å². The molecule has 2 amide bonds. The molecule has 2 aliphatic rings. The number of fused-ring (bicyclic) bond motifs is 1. The molecule has 0 spiro atoms. The fraction of sp³-hybridized carbons (Fsp3) is 0.452. The molecule has 1 aromatic heterocycles. The van der Waals surface area contributed by atoms with Crippen molar-refractivity contribution in [3.63, 3.8) is 0 Å². The van der Waals surface area contributed by atoms with Crippen LogP contribution in [-0.2, 0) is 9.59 Å². The number of rotatable bonds is 7. The van der Waals surface area contributed by atoms with Gasteiger partial charge in [0, 0.05) is 81.0 Å². The van der Waals surface area contributed by atoms with Crippen LogP contribution >= 0.6 is 0 Å². The quantitative estimate of drug-likeness (QED) is 0.321. The number of benzene rings is 2. The molecule has 216 valence electrons. The van der Waals surface area contributed by atoms with Crippen LogP contribution in [0.25, 0.3) is 10.9 Å². The molecule has 10 heteroatoms. The number of piperazine rings is 1. The molecule has 2 atom stereocenters. The van der Waals surface area contributed by atoms with Gasteiger partial charge in [-0.1, -0.05) is 13.8 Å². The van der Waals surface area contributed by atoms with Crippen LogP contribution in [0.5, 0.6) is 0 Å². The second-order valence-corrected chi connectivity index (χ2v) is 11.6. The third kappa shape index (κ3) is 6.75. The summed E-state index contributed by atoms with van der Waals surface area (Å²) < 4.78 is 0. The van der Waals surface area contributed by atoms with Crippen molar-refractivity contribution in [1.29, 1.82) is 0 Å². The molecule has 3 aromatic rings. The summed E-state index contributed by atoms with van der Waals surface area (Å²) in [4.78, 5) is 47.1. The van der Waals surface area contributed by atoms with E-state index in [2.05, 4.69) is 42.0 Å². The fourth-order valence-electron chi connectivity index (χ4n) is 6.07. The van der Waals surface area contributed by atoms with Gasteiger partial charge in [-0.05, 0) is 67.1 Å². The van der Waals surface area contributed by atoms with Crippen LogP contribution in [0.4, 0.5) is 22.9 Å². The van der Waals surface area contributed by atoms with Crippen molar-refractivity contribution < 1.29 is 14.5 Å². The maximum absolute atomic E-state index is 12.8. The molecule has 0 radical (unpaired) electrons. The number of amides is 2. The van der Waals surface area contributed by atoms with E-state index in [9.17, 15) is 19.7 Å². The van der Waals surface area contributed by atoms with Crippen LogP contribution in [-0.4, -0.2) is 65.9 Å². The standard InChI is InChI=1S/C31H38N6O4/c1-21-16-22(2)20-36(19-21)29-17-23(3)27-18-24(4-9-28(27)33-29)32-30(38)10-11-31(39)35-14-12-34(13-15-35)25-5-7-26(8-6-25)37(40)41/h4-9,17-18,21-22H,10-16,19-20H2,1-3H3,(H,32,38). The molecule has 2 unspecified atom stereocenters. The van der Waals surface area contributed by atoms with Crippen LogP contribution in [0.2, 0.25) is 0 Å². The van der Waals surface area contributed by atoms with E-state index in [0.717, 1.165) is 41.1 Å². The molecule has 5 rings (SSSR count). The number of pyridine rings is 1. The van der Waals surface area contributed by atoms with E-state index in [1.165, 1.54) is 18.6 Å². The molecule has 1 N–H and O–H groups in total. The van der Waals surface area contributed by atoms with Crippen LogP contribution in [0.15, 0.2) is 48.5 Å². The van der Waals surface area contributed by atoms with Gasteiger partial charge in [0.15, 0.2) is 0 Å². The average molecular weight is 559 g/mol. The number of carbonyl (C=O) groups is 2. The predicted octanol–water partition coefficient (Wildman–Crippen LogP) is 5.00. The Morgan fingerprint density at radius 3 is 2.29 bits per heavy atom. The highest BCUT2D eigenvalue weighted by Crippen LogP contribution is 2.29. The number of non-ortho nitro benzene ring substituents is 1. The second-order valence-electron chi connectivity index (χ2n) is 11.6. The van der Waals surface area contributed by atoms with Gasteiger partial charge in [0.25, 0.3) is 5.69 Å². The molecule has 10 nitrogen and oxygen atoms in total. The van der Waals surface area contributed by atoms with E-state index >= 15 is 0 Å². The van der Waals surface area contributed by atoms with Gasteiger partial charge in [-0.15, -0.1) is 0 Å². The maximum atomic E-state index is 12.8. The van der Waals surface area contributed by atoms with E-state index in [1.807, 2.05) is 18.2 Å². The number of carbonyl (C=O) groups excluding carboxylic acids is 2. The number of anilines is 3. The summed E-state index contributed by atoms with van der Waals surface area (Å²) in [6, 6.07) is 14.4. The third-order valence-electron chi connectivity index (χ3n) is 8.10. The predicted molar refractivity (Wildman–Crippen MR) is 161 cm³/mol. The normalized spacial score (nSPS) is 19.3. The minimum absolute atomic E-state index is 0.0454. The van der Waals surface area contributed by atoms with Crippen molar-refractivity contribution in [1.82, 2.24) is 9.88 Å². The van der Waals surface area contributed by atoms with Gasteiger partial charge in [-0.3, -0.25) is 19.7 Å². The Morgan fingerprint density at radius 2 is 1.63 bits per heavy atom. The topological polar surface area (TPSA) is 112 Å². The third-order valence-corrected chi connectivity index (χ3v) is 8.10. The molecule has 0 saturated carbocycles. The van der Waals surface area contributed by atoms with E-state index in [0.29, 0.717) is 43.7 Å². The number of nitro groups is 1. The summed E-state index contributed by atoms with van der Waals surface area (Å²) in [5.41, 5.74) is 3.68. The Morgan fingerprint density at radius 1 is 0.951 bits per heavy atom. The minimum Gasteiger partial charge on any atom is -0.368 e. The van der Waals surface area contributed by atoms with Crippen molar-refractivity contribution in [2.45, 2.75) is 40.0 Å². The van der Waals surface area contributed by atoms with Crippen LogP contribution in [0.1, 0.15) is 38.7 Å². The van der Waals surface area contributed by atoms with Crippen molar-refractivity contribution >= 4 is 45.6 Å². The lowest BCUT2D eigenvalue weighted by molar-refractivity contribution is -0.384. The first-order valence-electron chi connectivity index (χ1n) is 14.4. The molecule has 3 heterocycles. The lowest BCUT2D eigenvalue weighted by Gasteiger charge is -2.36. The van der Waals surface area contributed by atoms with E-state index in [4.69, 9.17) is 4.98 Å². The number of piperidine rings is 1. The van der Waals surface area contributed by atoms with Gasteiger partial charge in [0.1, 0.15) is 5.82 Å². The molecule has 2 aromatic carbocycles. The number of nitro benzene ring substituents is 1. The molecule has 0 aliphatic carbocycles. The largest absolute Gasteiger partial charge is 0.368 e. The molecule has 2 fully saturated rings. The zero-order valence-corrected chi connectivity index (χ0v) is 24.0. The molecular formula is C31H38N6O4. The molecule has 0 bridgehead atoms. The van der Waals surface area contributed by atoms with Gasteiger partial charge >= 0.3 is 0 Å². The Labute approximate surface area is 240 Å². The number of aromatic nitrogens is 1. The van der Waals surface area contributed by atoms with Crippen LogP contribution in [0, 0.1) is 28.9 Å². The number of nitrogens with zero attached hydrogens (tertiary/aromatic N) is 5. The summed E-state index contributed by atoms with van der Waals surface area (Å²) in [5, 5.41) is 14.8. The Hall–Kier alpha value is -4.21. The summed E-state index contributed by atoms with van der Waals surface area (Å²) in [7, 11) is 0. The lowest BCUT2D eigenvalue weighted by atomic mass is 9.92. The lowest BCUT2D eigenvalue weighted by Crippen LogP contribution is -2.48. The molecule has 2 aliphatic heterocycles. The number of aryl methyl sites for hydroxylation is 1. The SMILES string of the molecule is Cc1cc(N2CC(C)CC(C)C2)nc2ccc(NC(=O)CCC(=O)N3CCN(c4ccc([N+](=O)[O-])cc4)CC3)cc12.